The maximum Gasteiger partial charge on any atom is 0.153 e. The van der Waals surface area contributed by atoms with E-state index in [4.69, 9.17) is 11.6 Å². The number of H-pyrrole nitrogens is 1. The molecule has 3 rings (SSSR count). The number of hydrogen-bond acceptors (Lipinski definition) is 3. The van der Waals surface area contributed by atoms with Gasteiger partial charge in [0.05, 0.1) is 11.0 Å². The molecule has 0 aliphatic heterocycles. The molecule has 5 heteroatoms. The van der Waals surface area contributed by atoms with Gasteiger partial charge in [-0.2, -0.15) is 5.26 Å². The molecular formula is C16H10ClN3O. The van der Waals surface area contributed by atoms with Gasteiger partial charge >= 0.3 is 0 Å². The van der Waals surface area contributed by atoms with E-state index in [1.807, 2.05) is 30.3 Å². The molecule has 0 spiro atoms. The number of hydrogen-bond donors (Lipinski definition) is 2. The van der Waals surface area contributed by atoms with Crippen LogP contribution in [0.1, 0.15) is 11.4 Å². The standard InChI is InChI=1S/C16H10ClN3O/c17-11-7-5-10(6-8-11)15(21)12(9-18)16-19-13-3-1-2-4-14(13)20-16/h1-8,21H,(H,19,20)/b15-12+. The van der Waals surface area contributed by atoms with E-state index in [0.717, 1.165) is 11.0 Å². The van der Waals surface area contributed by atoms with Gasteiger partial charge in [0.1, 0.15) is 17.4 Å². The number of aliphatic hydroxyl groups is 1. The van der Waals surface area contributed by atoms with Crippen molar-refractivity contribution in [2.45, 2.75) is 0 Å². The first-order valence-corrected chi connectivity index (χ1v) is 6.61. The molecule has 2 aromatic carbocycles. The number of nitriles is 1. The van der Waals surface area contributed by atoms with Gasteiger partial charge in [-0.25, -0.2) is 4.98 Å². The van der Waals surface area contributed by atoms with E-state index in [9.17, 15) is 10.4 Å². The zero-order chi connectivity index (χ0) is 14.8. The summed E-state index contributed by atoms with van der Waals surface area (Å²) in [6.45, 7) is 0. The Morgan fingerprint density at radius 1 is 1.14 bits per heavy atom. The Balaban J connectivity index is 2.14. The number of halogens is 1. The predicted molar refractivity (Wildman–Crippen MR) is 82.6 cm³/mol. The average molecular weight is 296 g/mol. The molecule has 0 saturated heterocycles. The molecule has 4 nitrogen and oxygen atoms in total. The molecule has 3 aromatic rings. The molecule has 0 fully saturated rings. The summed E-state index contributed by atoms with van der Waals surface area (Å²) >= 11 is 5.82. The minimum Gasteiger partial charge on any atom is -0.506 e. The van der Waals surface area contributed by atoms with Crippen LogP contribution in [0.25, 0.3) is 22.4 Å². The van der Waals surface area contributed by atoms with E-state index in [0.29, 0.717) is 16.4 Å². The van der Waals surface area contributed by atoms with Crippen LogP contribution in [-0.2, 0) is 0 Å². The summed E-state index contributed by atoms with van der Waals surface area (Å²) in [5.74, 6) is 0.208. The number of benzene rings is 2. The van der Waals surface area contributed by atoms with Crippen molar-refractivity contribution in [3.8, 4) is 6.07 Å². The van der Waals surface area contributed by atoms with Gasteiger partial charge in [0.15, 0.2) is 5.82 Å². The van der Waals surface area contributed by atoms with Gasteiger partial charge in [0.25, 0.3) is 0 Å². The third-order valence-corrected chi connectivity index (χ3v) is 3.34. The first kappa shape index (κ1) is 13.2. The van der Waals surface area contributed by atoms with E-state index in [-0.39, 0.29) is 11.3 Å². The third kappa shape index (κ3) is 2.47. The second kappa shape index (κ2) is 5.31. The highest BCUT2D eigenvalue weighted by Crippen LogP contribution is 2.25. The van der Waals surface area contributed by atoms with E-state index in [1.54, 1.807) is 24.3 Å². The van der Waals surface area contributed by atoms with Crippen LogP contribution in [0.5, 0.6) is 0 Å². The van der Waals surface area contributed by atoms with Crippen LogP contribution in [0.15, 0.2) is 48.5 Å². The van der Waals surface area contributed by atoms with E-state index in [1.165, 1.54) is 0 Å². The largest absolute Gasteiger partial charge is 0.506 e. The third-order valence-electron chi connectivity index (χ3n) is 3.09. The molecule has 2 N–H and O–H groups in total. The molecule has 0 radical (unpaired) electrons. The van der Waals surface area contributed by atoms with Crippen molar-refractivity contribution in [2.75, 3.05) is 0 Å². The molecule has 0 aliphatic carbocycles. The molecule has 0 unspecified atom stereocenters. The zero-order valence-corrected chi connectivity index (χ0v) is 11.6. The van der Waals surface area contributed by atoms with Gasteiger partial charge in [0, 0.05) is 10.6 Å². The Hall–Kier alpha value is -2.77. The smallest absolute Gasteiger partial charge is 0.153 e. The normalized spacial score (nSPS) is 12.0. The lowest BCUT2D eigenvalue weighted by Gasteiger charge is -2.02. The maximum absolute atomic E-state index is 10.3. The molecule has 0 saturated carbocycles. The van der Waals surface area contributed by atoms with Crippen LogP contribution in [0.2, 0.25) is 5.02 Å². The minimum atomic E-state index is -0.131. The van der Waals surface area contributed by atoms with Crippen molar-refractivity contribution < 1.29 is 5.11 Å². The number of rotatable bonds is 2. The van der Waals surface area contributed by atoms with Gasteiger partial charge < -0.3 is 10.1 Å². The summed E-state index contributed by atoms with van der Waals surface area (Å²) in [5, 5.41) is 20.2. The van der Waals surface area contributed by atoms with Crippen molar-refractivity contribution >= 4 is 34.0 Å². The monoisotopic (exact) mass is 295 g/mol. The molecule has 21 heavy (non-hydrogen) atoms. The molecule has 0 atom stereocenters. The minimum absolute atomic E-state index is 0.0912. The molecule has 1 heterocycles. The second-order valence-electron chi connectivity index (χ2n) is 4.44. The Morgan fingerprint density at radius 2 is 1.86 bits per heavy atom. The topological polar surface area (TPSA) is 72.7 Å². The number of aromatic nitrogens is 2. The number of allylic oxidation sites excluding steroid dienone is 1. The highest BCUT2D eigenvalue weighted by Gasteiger charge is 2.14. The van der Waals surface area contributed by atoms with Crippen LogP contribution >= 0.6 is 11.6 Å². The van der Waals surface area contributed by atoms with Crippen LogP contribution in [-0.4, -0.2) is 15.1 Å². The number of imidazole rings is 1. The van der Waals surface area contributed by atoms with E-state index in [2.05, 4.69) is 9.97 Å². The fourth-order valence-corrected chi connectivity index (χ4v) is 2.17. The van der Waals surface area contributed by atoms with Crippen LogP contribution in [0.3, 0.4) is 0 Å². The lowest BCUT2D eigenvalue weighted by Crippen LogP contribution is -1.92. The summed E-state index contributed by atoms with van der Waals surface area (Å²) in [4.78, 5) is 7.36. The molecule has 0 bridgehead atoms. The van der Waals surface area contributed by atoms with Gasteiger partial charge in [-0.15, -0.1) is 0 Å². The molecular weight excluding hydrogens is 286 g/mol. The number of aliphatic hydroxyl groups excluding tert-OH is 1. The van der Waals surface area contributed by atoms with Crippen molar-refractivity contribution in [1.82, 2.24) is 9.97 Å². The number of para-hydroxylation sites is 2. The fraction of sp³-hybridized carbons (Fsp3) is 0. The highest BCUT2D eigenvalue weighted by molar-refractivity contribution is 6.30. The molecule has 1 aromatic heterocycles. The van der Waals surface area contributed by atoms with E-state index < -0.39 is 0 Å². The Morgan fingerprint density at radius 3 is 2.52 bits per heavy atom. The Kier molecular flexibility index (Phi) is 3.35. The zero-order valence-electron chi connectivity index (χ0n) is 10.8. The molecule has 0 aliphatic rings. The van der Waals surface area contributed by atoms with Crippen LogP contribution < -0.4 is 0 Å². The predicted octanol–water partition coefficient (Wildman–Crippen LogP) is 4.17. The summed E-state index contributed by atoms with van der Waals surface area (Å²) < 4.78 is 0. The van der Waals surface area contributed by atoms with Crippen LogP contribution in [0, 0.1) is 11.3 Å². The van der Waals surface area contributed by atoms with Gasteiger partial charge in [-0.3, -0.25) is 0 Å². The second-order valence-corrected chi connectivity index (χ2v) is 4.88. The number of fused-ring (bicyclic) bond motifs is 1. The SMILES string of the molecule is N#C/C(=C(\O)c1ccc(Cl)cc1)c1nc2ccccc2[nH]1. The summed E-state index contributed by atoms with van der Waals surface area (Å²) in [6.07, 6.45) is 0. The van der Waals surface area contributed by atoms with Gasteiger partial charge in [-0.1, -0.05) is 23.7 Å². The lowest BCUT2D eigenvalue weighted by molar-refractivity contribution is 0.514. The fourth-order valence-electron chi connectivity index (χ4n) is 2.04. The quantitative estimate of drug-likeness (QED) is 0.550. The summed E-state index contributed by atoms with van der Waals surface area (Å²) in [6, 6.07) is 16.0. The van der Waals surface area contributed by atoms with Crippen molar-refractivity contribution in [1.29, 1.82) is 5.26 Å². The van der Waals surface area contributed by atoms with Crippen molar-refractivity contribution in [2.24, 2.45) is 0 Å². The Bertz CT molecular complexity index is 839. The van der Waals surface area contributed by atoms with Gasteiger partial charge in [-0.05, 0) is 36.4 Å². The summed E-state index contributed by atoms with van der Waals surface area (Å²) in [7, 11) is 0. The van der Waals surface area contributed by atoms with Crippen LogP contribution in [0.4, 0.5) is 0 Å². The lowest BCUT2D eigenvalue weighted by atomic mass is 10.1. The number of aromatic amines is 1. The Labute approximate surface area is 125 Å². The van der Waals surface area contributed by atoms with Gasteiger partial charge in [0.2, 0.25) is 0 Å². The van der Waals surface area contributed by atoms with Crippen molar-refractivity contribution in [3.63, 3.8) is 0 Å². The first-order valence-electron chi connectivity index (χ1n) is 6.23. The van der Waals surface area contributed by atoms with E-state index >= 15 is 0 Å². The number of nitrogens with one attached hydrogen (secondary N) is 1. The molecule has 102 valence electrons. The molecule has 0 amide bonds. The van der Waals surface area contributed by atoms with Crippen molar-refractivity contribution in [3.05, 3.63) is 64.9 Å². The first-order chi connectivity index (χ1) is 10.2. The highest BCUT2D eigenvalue weighted by atomic mass is 35.5. The number of nitrogens with zero attached hydrogens (tertiary/aromatic N) is 2. The maximum atomic E-state index is 10.3. The average Bonchev–Trinajstić information content (AvgIpc) is 2.92. The summed E-state index contributed by atoms with van der Waals surface area (Å²) in [5.41, 5.74) is 2.15.